The molecule has 1 saturated heterocycles. The summed E-state index contributed by atoms with van der Waals surface area (Å²) in [7, 11) is 0. The average molecular weight is 380 g/mol. The van der Waals surface area contributed by atoms with Gasteiger partial charge in [0.2, 0.25) is 5.91 Å². The average Bonchev–Trinajstić information content (AvgIpc) is 2.69. The molecule has 0 aromatic heterocycles. The van der Waals surface area contributed by atoms with Crippen LogP contribution in [0.1, 0.15) is 55.8 Å². The van der Waals surface area contributed by atoms with Crippen molar-refractivity contribution < 1.29 is 14.3 Å². The Morgan fingerprint density at radius 2 is 1.79 bits per heavy atom. The number of carbonyl (C=O) groups excluding carboxylic acids is 1. The predicted molar refractivity (Wildman–Crippen MR) is 110 cm³/mol. The summed E-state index contributed by atoms with van der Waals surface area (Å²) < 4.78 is 11.8. The maximum atomic E-state index is 13.7. The molecule has 0 spiro atoms. The van der Waals surface area contributed by atoms with E-state index in [9.17, 15) is 4.79 Å². The van der Waals surface area contributed by atoms with Crippen molar-refractivity contribution >= 4 is 5.91 Å². The summed E-state index contributed by atoms with van der Waals surface area (Å²) in [5.74, 6) is 0.963. The van der Waals surface area contributed by atoms with Crippen molar-refractivity contribution in [2.75, 3.05) is 13.2 Å². The van der Waals surface area contributed by atoms with Crippen LogP contribution in [0.3, 0.4) is 0 Å². The van der Waals surface area contributed by atoms with Crippen molar-refractivity contribution in [3.63, 3.8) is 0 Å². The number of ether oxygens (including phenoxy) is 2. The molecule has 2 aromatic rings. The molecule has 4 rings (SSSR count). The van der Waals surface area contributed by atoms with Crippen molar-refractivity contribution in [3.8, 4) is 5.75 Å². The number of hydrogen-bond acceptors (Lipinski definition) is 3. The van der Waals surface area contributed by atoms with Gasteiger partial charge in [0.25, 0.3) is 0 Å². The minimum atomic E-state index is -0.536. The van der Waals surface area contributed by atoms with Gasteiger partial charge in [0, 0.05) is 25.2 Å². The SMILES string of the molecule is Cc1ccc2c(c1)[C@H](NC(=O)C1(c3ccccc3)CCOCC1)CC(C)(C)O2. The molecule has 4 nitrogen and oxygen atoms in total. The molecule has 0 bridgehead atoms. The van der Waals surface area contributed by atoms with Crippen LogP contribution >= 0.6 is 0 Å². The topological polar surface area (TPSA) is 47.6 Å². The number of benzene rings is 2. The normalized spacial score (nSPS) is 22.6. The summed E-state index contributed by atoms with van der Waals surface area (Å²) >= 11 is 0. The quantitative estimate of drug-likeness (QED) is 0.856. The van der Waals surface area contributed by atoms with Crippen LogP contribution in [0.4, 0.5) is 0 Å². The van der Waals surface area contributed by atoms with Gasteiger partial charge in [0.1, 0.15) is 11.4 Å². The monoisotopic (exact) mass is 379 g/mol. The summed E-state index contributed by atoms with van der Waals surface area (Å²) in [6, 6.07) is 16.3. The molecule has 4 heteroatoms. The van der Waals surface area contributed by atoms with E-state index < -0.39 is 5.41 Å². The van der Waals surface area contributed by atoms with Gasteiger partial charge in [-0.25, -0.2) is 0 Å². The third-order valence-electron chi connectivity index (χ3n) is 6.04. The second kappa shape index (κ2) is 7.25. The molecule has 1 atom stereocenters. The van der Waals surface area contributed by atoms with Crippen LogP contribution in [0.25, 0.3) is 0 Å². The van der Waals surface area contributed by atoms with Crippen molar-refractivity contribution in [1.82, 2.24) is 5.32 Å². The molecule has 28 heavy (non-hydrogen) atoms. The van der Waals surface area contributed by atoms with Crippen LogP contribution in [0, 0.1) is 6.92 Å². The highest BCUT2D eigenvalue weighted by Crippen LogP contribution is 2.42. The lowest BCUT2D eigenvalue weighted by molar-refractivity contribution is -0.131. The molecular weight excluding hydrogens is 350 g/mol. The first-order valence-corrected chi connectivity index (χ1v) is 10.1. The van der Waals surface area contributed by atoms with Crippen molar-refractivity contribution in [3.05, 3.63) is 65.2 Å². The zero-order valence-electron chi connectivity index (χ0n) is 17.0. The van der Waals surface area contributed by atoms with Gasteiger partial charge in [-0.15, -0.1) is 0 Å². The van der Waals surface area contributed by atoms with Crippen LogP contribution in [-0.2, 0) is 14.9 Å². The number of rotatable bonds is 3. The van der Waals surface area contributed by atoms with E-state index in [4.69, 9.17) is 9.47 Å². The van der Waals surface area contributed by atoms with Crippen molar-refractivity contribution in [2.45, 2.75) is 57.1 Å². The van der Waals surface area contributed by atoms with E-state index in [2.05, 4.69) is 50.4 Å². The zero-order chi connectivity index (χ0) is 19.8. The highest BCUT2D eigenvalue weighted by atomic mass is 16.5. The number of fused-ring (bicyclic) bond motifs is 1. The summed E-state index contributed by atoms with van der Waals surface area (Å²) in [6.07, 6.45) is 2.16. The van der Waals surface area contributed by atoms with E-state index in [0.717, 1.165) is 23.3 Å². The molecule has 2 aliphatic rings. The maximum absolute atomic E-state index is 13.7. The largest absolute Gasteiger partial charge is 0.487 e. The fourth-order valence-corrected chi connectivity index (χ4v) is 4.52. The second-order valence-corrected chi connectivity index (χ2v) is 8.69. The first-order chi connectivity index (χ1) is 13.4. The molecule has 0 saturated carbocycles. The van der Waals surface area contributed by atoms with Gasteiger partial charge in [0.05, 0.1) is 11.5 Å². The van der Waals surface area contributed by atoms with Gasteiger partial charge in [-0.2, -0.15) is 0 Å². The van der Waals surface area contributed by atoms with E-state index in [1.165, 1.54) is 5.56 Å². The number of aryl methyl sites for hydroxylation is 1. The number of hydrogen-bond donors (Lipinski definition) is 1. The van der Waals surface area contributed by atoms with Gasteiger partial charge in [-0.3, -0.25) is 4.79 Å². The van der Waals surface area contributed by atoms with Crippen LogP contribution in [0.2, 0.25) is 0 Å². The van der Waals surface area contributed by atoms with Crippen LogP contribution in [0.5, 0.6) is 5.75 Å². The minimum Gasteiger partial charge on any atom is -0.487 e. The van der Waals surface area contributed by atoms with Gasteiger partial charge in [0.15, 0.2) is 0 Å². The maximum Gasteiger partial charge on any atom is 0.231 e. The summed E-state index contributed by atoms with van der Waals surface area (Å²) in [4.78, 5) is 13.7. The Labute approximate surface area is 167 Å². The molecule has 1 amide bonds. The lowest BCUT2D eigenvalue weighted by Gasteiger charge is -2.41. The standard InChI is InChI=1S/C24H29NO3/c1-17-9-10-21-19(15-17)20(16-23(2,3)28-21)25-22(26)24(11-13-27-14-12-24)18-7-5-4-6-8-18/h4-10,15,20H,11-14,16H2,1-3H3,(H,25,26)/t20-/m1/s1. The highest BCUT2D eigenvalue weighted by Gasteiger charge is 2.44. The van der Waals surface area contributed by atoms with E-state index in [-0.39, 0.29) is 17.6 Å². The highest BCUT2D eigenvalue weighted by molar-refractivity contribution is 5.89. The Morgan fingerprint density at radius 1 is 1.07 bits per heavy atom. The smallest absolute Gasteiger partial charge is 0.231 e. The zero-order valence-corrected chi connectivity index (χ0v) is 17.0. The molecule has 0 radical (unpaired) electrons. The van der Waals surface area contributed by atoms with Crippen LogP contribution in [-0.4, -0.2) is 24.7 Å². The van der Waals surface area contributed by atoms with Gasteiger partial charge in [-0.1, -0.05) is 48.0 Å². The third-order valence-corrected chi connectivity index (χ3v) is 6.04. The predicted octanol–water partition coefficient (Wildman–Crippen LogP) is 4.46. The number of carbonyl (C=O) groups is 1. The molecule has 2 heterocycles. The summed E-state index contributed by atoms with van der Waals surface area (Å²) in [5, 5.41) is 3.39. The fourth-order valence-electron chi connectivity index (χ4n) is 4.52. The Kier molecular flexibility index (Phi) is 4.92. The molecule has 1 fully saturated rings. The number of amides is 1. The first-order valence-electron chi connectivity index (χ1n) is 10.1. The Bertz CT molecular complexity index is 853. The number of nitrogens with one attached hydrogen (secondary N) is 1. The van der Waals surface area contributed by atoms with Crippen LogP contribution in [0.15, 0.2) is 48.5 Å². The van der Waals surface area contributed by atoms with E-state index in [1.54, 1.807) is 0 Å². The molecule has 2 aromatic carbocycles. The third kappa shape index (κ3) is 3.53. The van der Waals surface area contributed by atoms with Crippen molar-refractivity contribution in [1.29, 1.82) is 0 Å². The molecule has 2 aliphatic heterocycles. The fraction of sp³-hybridized carbons (Fsp3) is 0.458. The molecular formula is C24H29NO3. The molecule has 148 valence electrons. The lowest BCUT2D eigenvalue weighted by atomic mass is 9.73. The first kappa shape index (κ1) is 19.0. The van der Waals surface area contributed by atoms with E-state index in [1.807, 2.05) is 24.3 Å². The van der Waals surface area contributed by atoms with Gasteiger partial charge < -0.3 is 14.8 Å². The lowest BCUT2D eigenvalue weighted by Crippen LogP contribution is -2.51. The molecule has 1 N–H and O–H groups in total. The van der Waals surface area contributed by atoms with E-state index in [0.29, 0.717) is 26.1 Å². The Morgan fingerprint density at radius 3 is 2.50 bits per heavy atom. The van der Waals surface area contributed by atoms with Crippen LogP contribution < -0.4 is 10.1 Å². The van der Waals surface area contributed by atoms with Gasteiger partial charge in [-0.05, 0) is 45.2 Å². The second-order valence-electron chi connectivity index (χ2n) is 8.69. The molecule has 0 unspecified atom stereocenters. The van der Waals surface area contributed by atoms with Crippen molar-refractivity contribution in [2.24, 2.45) is 0 Å². The summed E-state index contributed by atoms with van der Waals surface area (Å²) in [6.45, 7) is 7.45. The minimum absolute atomic E-state index is 0.0606. The van der Waals surface area contributed by atoms with E-state index >= 15 is 0 Å². The van der Waals surface area contributed by atoms with Gasteiger partial charge >= 0.3 is 0 Å². The Hall–Kier alpha value is -2.33. The summed E-state index contributed by atoms with van der Waals surface area (Å²) in [5.41, 5.74) is 2.46. The molecule has 0 aliphatic carbocycles. The Balaban J connectivity index is 1.67.